The van der Waals surface area contributed by atoms with Crippen molar-refractivity contribution in [2.24, 2.45) is 11.7 Å². The molecular weight excluding hydrogens is 400 g/mol. The molecule has 7 nitrogen and oxygen atoms in total. The molecule has 8 heteroatoms. The van der Waals surface area contributed by atoms with Gasteiger partial charge in [0.25, 0.3) is 0 Å². The third-order valence-corrected chi connectivity index (χ3v) is 6.81. The highest BCUT2D eigenvalue weighted by atomic mass is 32.2. The third-order valence-electron chi connectivity index (χ3n) is 4.98. The van der Waals surface area contributed by atoms with Gasteiger partial charge in [0, 0.05) is 19.1 Å². The van der Waals surface area contributed by atoms with Crippen molar-refractivity contribution in [2.75, 3.05) is 13.1 Å². The molecule has 0 aliphatic rings. The summed E-state index contributed by atoms with van der Waals surface area (Å²) >= 11 is 0. The minimum absolute atomic E-state index is 0.0610. The molecule has 4 N–H and O–H groups in total. The van der Waals surface area contributed by atoms with Crippen molar-refractivity contribution in [3.63, 3.8) is 0 Å². The third kappa shape index (κ3) is 5.26. The second-order valence-corrected chi connectivity index (χ2v) is 10.1. The van der Waals surface area contributed by atoms with E-state index in [9.17, 15) is 13.5 Å². The SMILES string of the molecule is Cc1nc2ccc(S(=O)(=O)N(CC(C)C)CC(O)[C@@H](N)Cc3ccccc3)cc2[nH]1. The van der Waals surface area contributed by atoms with E-state index in [0.717, 1.165) is 11.4 Å². The van der Waals surface area contributed by atoms with Crippen molar-refractivity contribution in [1.29, 1.82) is 0 Å². The van der Waals surface area contributed by atoms with E-state index in [2.05, 4.69) is 9.97 Å². The number of hydrogen-bond donors (Lipinski definition) is 3. The first-order valence-electron chi connectivity index (χ1n) is 10.1. The van der Waals surface area contributed by atoms with Gasteiger partial charge in [0.1, 0.15) is 5.82 Å². The summed E-state index contributed by atoms with van der Waals surface area (Å²) in [5.41, 5.74) is 8.59. The summed E-state index contributed by atoms with van der Waals surface area (Å²) in [6, 6.07) is 13.9. The maximum atomic E-state index is 13.4. The molecule has 2 aromatic carbocycles. The van der Waals surface area contributed by atoms with Crippen LogP contribution in [-0.2, 0) is 16.4 Å². The number of fused-ring (bicyclic) bond motifs is 1. The van der Waals surface area contributed by atoms with Crippen LogP contribution in [0.25, 0.3) is 11.0 Å². The van der Waals surface area contributed by atoms with Gasteiger partial charge in [-0.3, -0.25) is 0 Å². The van der Waals surface area contributed by atoms with Crippen LogP contribution >= 0.6 is 0 Å². The highest BCUT2D eigenvalue weighted by molar-refractivity contribution is 7.89. The zero-order valence-corrected chi connectivity index (χ0v) is 18.4. The largest absolute Gasteiger partial charge is 0.390 e. The maximum Gasteiger partial charge on any atom is 0.243 e. The van der Waals surface area contributed by atoms with Crippen LogP contribution in [0, 0.1) is 12.8 Å². The molecule has 0 aliphatic heterocycles. The Morgan fingerprint density at radius 2 is 1.83 bits per heavy atom. The van der Waals surface area contributed by atoms with Gasteiger partial charge in [0.2, 0.25) is 10.0 Å². The normalized spacial score (nSPS) is 14.5. The van der Waals surface area contributed by atoms with Crippen molar-refractivity contribution in [1.82, 2.24) is 14.3 Å². The van der Waals surface area contributed by atoms with Crippen molar-refractivity contribution in [2.45, 2.75) is 44.2 Å². The van der Waals surface area contributed by atoms with Crippen LogP contribution in [0.2, 0.25) is 0 Å². The number of nitrogens with two attached hydrogens (primary N) is 1. The van der Waals surface area contributed by atoms with Gasteiger partial charge in [-0.1, -0.05) is 44.2 Å². The quantitative estimate of drug-likeness (QED) is 0.483. The summed E-state index contributed by atoms with van der Waals surface area (Å²) in [4.78, 5) is 7.56. The molecule has 0 aliphatic carbocycles. The Balaban J connectivity index is 1.82. The smallest absolute Gasteiger partial charge is 0.243 e. The molecule has 1 aromatic heterocycles. The van der Waals surface area contributed by atoms with Gasteiger partial charge in [-0.15, -0.1) is 0 Å². The van der Waals surface area contributed by atoms with Gasteiger partial charge in [-0.05, 0) is 43.0 Å². The summed E-state index contributed by atoms with van der Waals surface area (Å²) in [6.07, 6.45) is -0.520. The summed E-state index contributed by atoms with van der Waals surface area (Å²) in [7, 11) is -3.81. The lowest BCUT2D eigenvalue weighted by Crippen LogP contribution is -2.47. The van der Waals surface area contributed by atoms with E-state index < -0.39 is 22.2 Å². The highest BCUT2D eigenvalue weighted by Gasteiger charge is 2.29. The summed E-state index contributed by atoms with van der Waals surface area (Å²) in [6.45, 7) is 5.94. The summed E-state index contributed by atoms with van der Waals surface area (Å²) in [5.74, 6) is 0.816. The number of nitrogens with zero attached hydrogens (tertiary/aromatic N) is 2. The van der Waals surface area contributed by atoms with E-state index in [1.165, 1.54) is 4.31 Å². The first-order valence-corrected chi connectivity index (χ1v) is 11.5. The molecule has 162 valence electrons. The molecule has 3 rings (SSSR count). The van der Waals surface area contributed by atoms with Crippen molar-refractivity contribution in [3.05, 3.63) is 59.9 Å². The number of nitrogens with one attached hydrogen (secondary N) is 1. The first kappa shape index (κ1) is 22.4. The summed E-state index contributed by atoms with van der Waals surface area (Å²) < 4.78 is 28.1. The van der Waals surface area contributed by atoms with Crippen LogP contribution in [0.3, 0.4) is 0 Å². The lowest BCUT2D eigenvalue weighted by molar-refractivity contribution is 0.116. The lowest BCUT2D eigenvalue weighted by atomic mass is 10.0. The molecule has 0 fully saturated rings. The van der Waals surface area contributed by atoms with Gasteiger partial charge in [-0.25, -0.2) is 13.4 Å². The molecule has 1 unspecified atom stereocenters. The molecule has 3 aromatic rings. The van der Waals surface area contributed by atoms with Crippen LogP contribution in [-0.4, -0.2) is 53.0 Å². The van der Waals surface area contributed by atoms with Gasteiger partial charge in [0.05, 0.1) is 22.0 Å². The average molecular weight is 431 g/mol. The minimum Gasteiger partial charge on any atom is -0.390 e. The van der Waals surface area contributed by atoms with Crippen LogP contribution in [0.4, 0.5) is 0 Å². The Hall–Kier alpha value is -2.26. The summed E-state index contributed by atoms with van der Waals surface area (Å²) in [5, 5.41) is 10.7. The van der Waals surface area contributed by atoms with Gasteiger partial charge < -0.3 is 15.8 Å². The number of aryl methyl sites for hydroxylation is 1. The van der Waals surface area contributed by atoms with Crippen LogP contribution < -0.4 is 5.73 Å². The van der Waals surface area contributed by atoms with E-state index >= 15 is 0 Å². The van der Waals surface area contributed by atoms with Crippen LogP contribution in [0.1, 0.15) is 25.2 Å². The number of aliphatic hydroxyl groups is 1. The fraction of sp³-hybridized carbons (Fsp3) is 0.409. The molecule has 0 amide bonds. The number of aliphatic hydroxyl groups excluding tert-OH is 1. The van der Waals surface area contributed by atoms with Crippen LogP contribution in [0.15, 0.2) is 53.4 Å². The number of benzene rings is 2. The van der Waals surface area contributed by atoms with E-state index in [1.54, 1.807) is 18.2 Å². The molecule has 2 atom stereocenters. The molecule has 0 bridgehead atoms. The van der Waals surface area contributed by atoms with E-state index in [-0.39, 0.29) is 23.9 Å². The van der Waals surface area contributed by atoms with E-state index in [4.69, 9.17) is 5.73 Å². The highest BCUT2D eigenvalue weighted by Crippen LogP contribution is 2.22. The molecule has 0 spiro atoms. The maximum absolute atomic E-state index is 13.4. The minimum atomic E-state index is -3.81. The topological polar surface area (TPSA) is 112 Å². The number of rotatable bonds is 9. The molecule has 0 saturated carbocycles. The number of H-pyrrole nitrogens is 1. The second kappa shape index (κ2) is 9.26. The molecule has 30 heavy (non-hydrogen) atoms. The molecule has 1 heterocycles. The van der Waals surface area contributed by atoms with E-state index in [1.807, 2.05) is 51.1 Å². The van der Waals surface area contributed by atoms with Gasteiger partial charge >= 0.3 is 0 Å². The zero-order chi connectivity index (χ0) is 21.9. The molecular formula is C22H30N4O3S. The first-order chi connectivity index (χ1) is 14.2. The predicted octanol–water partition coefficient (Wildman–Crippen LogP) is 2.45. The Morgan fingerprint density at radius 1 is 1.13 bits per heavy atom. The number of sulfonamides is 1. The van der Waals surface area contributed by atoms with Crippen LogP contribution in [0.5, 0.6) is 0 Å². The zero-order valence-electron chi connectivity index (χ0n) is 17.6. The van der Waals surface area contributed by atoms with Crippen molar-refractivity contribution >= 4 is 21.1 Å². The number of hydrogen-bond acceptors (Lipinski definition) is 5. The average Bonchev–Trinajstić information content (AvgIpc) is 3.07. The number of imidazole rings is 1. The fourth-order valence-corrected chi connectivity index (χ4v) is 5.12. The standard InChI is InChI=1S/C22H30N4O3S/c1-15(2)13-26(14-22(27)19(23)11-17-7-5-4-6-8-17)30(28,29)18-9-10-20-21(12-18)25-16(3)24-20/h4-10,12,15,19,22,27H,11,13-14,23H2,1-3H3,(H,24,25)/t19-,22?/m0/s1. The molecule has 0 radical (unpaired) electrons. The fourth-order valence-electron chi connectivity index (χ4n) is 3.47. The van der Waals surface area contributed by atoms with Crippen molar-refractivity contribution in [3.8, 4) is 0 Å². The van der Waals surface area contributed by atoms with Gasteiger partial charge in [0.15, 0.2) is 0 Å². The molecule has 0 saturated heterocycles. The Labute approximate surface area is 178 Å². The lowest BCUT2D eigenvalue weighted by Gasteiger charge is -2.28. The van der Waals surface area contributed by atoms with E-state index in [0.29, 0.717) is 17.5 Å². The monoisotopic (exact) mass is 430 g/mol. The number of aromatic nitrogens is 2. The predicted molar refractivity (Wildman–Crippen MR) is 119 cm³/mol. The Bertz CT molecular complexity index is 1080. The Kier molecular flexibility index (Phi) is 6.92. The Morgan fingerprint density at radius 3 is 2.50 bits per heavy atom. The van der Waals surface area contributed by atoms with Gasteiger partial charge in [-0.2, -0.15) is 4.31 Å². The van der Waals surface area contributed by atoms with Crippen molar-refractivity contribution < 1.29 is 13.5 Å². The second-order valence-electron chi connectivity index (χ2n) is 8.14. The number of aromatic amines is 1.